The summed E-state index contributed by atoms with van der Waals surface area (Å²) >= 11 is 1.54. The normalized spacial score (nSPS) is 14.0. The second-order valence-electron chi connectivity index (χ2n) is 6.23. The molecule has 1 aliphatic heterocycles. The Morgan fingerprint density at radius 1 is 1.31 bits per heavy atom. The summed E-state index contributed by atoms with van der Waals surface area (Å²) in [6.45, 7) is 4.24. The predicted molar refractivity (Wildman–Crippen MR) is 99.2 cm³/mol. The zero-order valence-corrected chi connectivity index (χ0v) is 15.3. The summed E-state index contributed by atoms with van der Waals surface area (Å²) in [6.07, 6.45) is 2.34. The molecule has 0 radical (unpaired) electrons. The van der Waals surface area contributed by atoms with Crippen molar-refractivity contribution in [1.82, 2.24) is 20.4 Å². The first-order valence-corrected chi connectivity index (χ1v) is 9.45. The third kappa shape index (κ3) is 3.60. The molecule has 0 bridgehead atoms. The predicted octanol–water partition coefficient (Wildman–Crippen LogP) is 3.03. The molecule has 4 rings (SSSR count). The van der Waals surface area contributed by atoms with Crippen LogP contribution in [0.1, 0.15) is 34.7 Å². The Balaban J connectivity index is 1.43. The first-order valence-electron chi connectivity index (χ1n) is 8.57. The number of aromatic nitrogens is 3. The number of rotatable bonds is 5. The average Bonchev–Trinajstić information content (AvgIpc) is 3.41. The van der Waals surface area contributed by atoms with Gasteiger partial charge >= 0.3 is 0 Å². The molecule has 7 nitrogen and oxygen atoms in total. The summed E-state index contributed by atoms with van der Waals surface area (Å²) in [4.78, 5) is 24.6. The molecule has 0 aliphatic carbocycles. The van der Waals surface area contributed by atoms with Crippen molar-refractivity contribution in [1.29, 1.82) is 0 Å². The Morgan fingerprint density at radius 3 is 2.92 bits per heavy atom. The first kappa shape index (κ1) is 16.7. The number of thiophene rings is 1. The lowest BCUT2D eigenvalue weighted by Gasteiger charge is -2.16. The summed E-state index contributed by atoms with van der Waals surface area (Å²) in [7, 11) is 0. The number of amides is 1. The first-order chi connectivity index (χ1) is 12.7. The second-order valence-corrected chi connectivity index (χ2v) is 7.18. The molecule has 1 N–H and O–H groups in total. The van der Waals surface area contributed by atoms with Gasteiger partial charge in [-0.2, -0.15) is 0 Å². The Kier molecular flexibility index (Phi) is 4.66. The number of hydrogen-bond donors (Lipinski definition) is 1. The van der Waals surface area contributed by atoms with Gasteiger partial charge in [0.05, 0.1) is 17.1 Å². The van der Waals surface area contributed by atoms with Gasteiger partial charge in [0.25, 0.3) is 5.91 Å². The molecule has 134 valence electrons. The van der Waals surface area contributed by atoms with Gasteiger partial charge in [0, 0.05) is 24.8 Å². The van der Waals surface area contributed by atoms with Crippen LogP contribution in [0, 0.1) is 6.92 Å². The Hall–Kier alpha value is -2.74. The van der Waals surface area contributed by atoms with Crippen molar-refractivity contribution < 1.29 is 9.32 Å². The second kappa shape index (κ2) is 7.25. The van der Waals surface area contributed by atoms with Gasteiger partial charge < -0.3 is 14.7 Å². The van der Waals surface area contributed by atoms with Crippen molar-refractivity contribution in [3.8, 4) is 10.6 Å². The lowest BCUT2D eigenvalue weighted by molar-refractivity contribution is 0.0941. The largest absolute Gasteiger partial charge is 0.355 e. The van der Waals surface area contributed by atoms with Gasteiger partial charge in [0.1, 0.15) is 0 Å². The monoisotopic (exact) mass is 369 g/mol. The van der Waals surface area contributed by atoms with E-state index >= 15 is 0 Å². The van der Waals surface area contributed by atoms with E-state index < -0.39 is 0 Å². The minimum absolute atomic E-state index is 0.263. The maximum atomic E-state index is 12.3. The number of nitrogens with one attached hydrogen (secondary N) is 1. The van der Waals surface area contributed by atoms with Crippen LogP contribution in [0.5, 0.6) is 0 Å². The molecule has 8 heteroatoms. The van der Waals surface area contributed by atoms with Crippen molar-refractivity contribution in [3.63, 3.8) is 0 Å². The molecule has 0 saturated carbocycles. The molecule has 3 aromatic heterocycles. The van der Waals surface area contributed by atoms with Crippen molar-refractivity contribution in [3.05, 3.63) is 46.7 Å². The highest BCUT2D eigenvalue weighted by Crippen LogP contribution is 2.25. The minimum Gasteiger partial charge on any atom is -0.355 e. The van der Waals surface area contributed by atoms with E-state index in [4.69, 9.17) is 4.52 Å². The highest BCUT2D eigenvalue weighted by atomic mass is 32.1. The maximum Gasteiger partial charge on any atom is 0.273 e. The molecule has 1 fully saturated rings. The molecule has 0 atom stereocenters. The van der Waals surface area contributed by atoms with Gasteiger partial charge in [0.2, 0.25) is 5.95 Å². The van der Waals surface area contributed by atoms with Crippen LogP contribution in [0.3, 0.4) is 0 Å². The van der Waals surface area contributed by atoms with Crippen LogP contribution < -0.4 is 10.2 Å². The Bertz CT molecular complexity index is 900. The van der Waals surface area contributed by atoms with Gasteiger partial charge in [-0.25, -0.2) is 9.97 Å². The van der Waals surface area contributed by atoms with Gasteiger partial charge in [-0.05, 0) is 37.3 Å². The van der Waals surface area contributed by atoms with Crippen LogP contribution in [0.15, 0.2) is 34.2 Å². The fourth-order valence-electron chi connectivity index (χ4n) is 2.94. The average molecular weight is 369 g/mol. The molecule has 26 heavy (non-hydrogen) atoms. The van der Waals surface area contributed by atoms with Crippen LogP contribution in [0.4, 0.5) is 5.95 Å². The van der Waals surface area contributed by atoms with E-state index in [2.05, 4.69) is 25.3 Å². The molecule has 4 heterocycles. The lowest BCUT2D eigenvalue weighted by Crippen LogP contribution is -2.25. The number of hydrogen-bond acceptors (Lipinski definition) is 7. The Labute approximate surface area is 155 Å². The Morgan fingerprint density at radius 2 is 2.15 bits per heavy atom. The molecule has 1 saturated heterocycles. The van der Waals surface area contributed by atoms with Crippen molar-refractivity contribution in [2.75, 3.05) is 18.0 Å². The summed E-state index contributed by atoms with van der Waals surface area (Å²) in [5.74, 6) is 1.06. The molecule has 0 unspecified atom stereocenters. The van der Waals surface area contributed by atoms with Gasteiger partial charge in [-0.3, -0.25) is 4.79 Å². The van der Waals surface area contributed by atoms with Gasteiger partial charge in [-0.1, -0.05) is 11.2 Å². The summed E-state index contributed by atoms with van der Waals surface area (Å²) in [5, 5.41) is 8.66. The van der Waals surface area contributed by atoms with E-state index in [1.807, 2.05) is 30.5 Å². The SMILES string of the molecule is Cc1cc(CNC(=O)c2cc(-c3cccs3)on2)nc(N2CCCC2)n1. The zero-order chi connectivity index (χ0) is 17.9. The number of carbonyl (C=O) groups is 1. The van der Waals surface area contributed by atoms with Crippen molar-refractivity contribution >= 4 is 23.2 Å². The zero-order valence-electron chi connectivity index (χ0n) is 14.4. The van der Waals surface area contributed by atoms with E-state index in [0.29, 0.717) is 12.3 Å². The molecule has 0 spiro atoms. The summed E-state index contributed by atoms with van der Waals surface area (Å²) in [6, 6.07) is 7.40. The van der Waals surface area contributed by atoms with Gasteiger partial charge in [0.15, 0.2) is 11.5 Å². The topological polar surface area (TPSA) is 84.2 Å². The van der Waals surface area contributed by atoms with Crippen molar-refractivity contribution in [2.24, 2.45) is 0 Å². The lowest BCUT2D eigenvalue weighted by atomic mass is 10.3. The van der Waals surface area contributed by atoms with Gasteiger partial charge in [-0.15, -0.1) is 11.3 Å². The fourth-order valence-corrected chi connectivity index (χ4v) is 3.62. The third-order valence-corrected chi connectivity index (χ3v) is 5.11. The highest BCUT2D eigenvalue weighted by molar-refractivity contribution is 7.13. The third-order valence-electron chi connectivity index (χ3n) is 4.22. The number of aryl methyl sites for hydroxylation is 1. The van der Waals surface area contributed by atoms with E-state index in [1.165, 1.54) is 24.2 Å². The maximum absolute atomic E-state index is 12.3. The molecular weight excluding hydrogens is 350 g/mol. The molecule has 3 aromatic rings. The van der Waals surface area contributed by atoms with Crippen LogP contribution in [-0.4, -0.2) is 34.1 Å². The molecule has 1 aliphatic rings. The standard InChI is InChI=1S/C18H19N5O2S/c1-12-9-13(21-18(20-12)23-6-2-3-7-23)11-19-17(24)14-10-15(25-22-14)16-5-4-8-26-16/h4-5,8-10H,2-3,6-7,11H2,1H3,(H,19,24). The quantitative estimate of drug-likeness (QED) is 0.744. The van der Waals surface area contributed by atoms with Crippen LogP contribution in [-0.2, 0) is 6.54 Å². The van der Waals surface area contributed by atoms with E-state index in [9.17, 15) is 4.79 Å². The summed E-state index contributed by atoms with van der Waals surface area (Å²) in [5.41, 5.74) is 1.95. The van der Waals surface area contributed by atoms with E-state index in [0.717, 1.165) is 35.3 Å². The smallest absolute Gasteiger partial charge is 0.273 e. The van der Waals surface area contributed by atoms with Crippen LogP contribution in [0.25, 0.3) is 10.6 Å². The highest BCUT2D eigenvalue weighted by Gasteiger charge is 2.17. The summed E-state index contributed by atoms with van der Waals surface area (Å²) < 4.78 is 5.26. The van der Waals surface area contributed by atoms with Crippen LogP contribution in [0.2, 0.25) is 0 Å². The number of anilines is 1. The number of nitrogens with zero attached hydrogens (tertiary/aromatic N) is 4. The fraction of sp³-hybridized carbons (Fsp3) is 0.333. The molecule has 0 aromatic carbocycles. The molecular formula is C18H19N5O2S. The van der Waals surface area contributed by atoms with Crippen LogP contribution >= 0.6 is 11.3 Å². The van der Waals surface area contributed by atoms with E-state index in [-0.39, 0.29) is 11.6 Å². The van der Waals surface area contributed by atoms with E-state index in [1.54, 1.807) is 6.07 Å². The minimum atomic E-state index is -0.282. The number of carbonyl (C=O) groups excluding carboxylic acids is 1. The van der Waals surface area contributed by atoms with Crippen molar-refractivity contribution in [2.45, 2.75) is 26.3 Å². The molecule has 1 amide bonds.